The van der Waals surface area contributed by atoms with Crippen molar-refractivity contribution in [1.29, 1.82) is 0 Å². The maximum absolute atomic E-state index is 5.47. The molecule has 0 saturated heterocycles. The quantitative estimate of drug-likeness (QED) is 0.786. The summed E-state index contributed by atoms with van der Waals surface area (Å²) in [5.74, 6) is 0. The predicted molar refractivity (Wildman–Crippen MR) is 72.2 cm³/mol. The second kappa shape index (κ2) is 5.94. The number of methoxy groups -OCH3 is 1. The lowest BCUT2D eigenvalue weighted by molar-refractivity contribution is 0.0948. The van der Waals surface area contributed by atoms with Crippen LogP contribution in [0.3, 0.4) is 0 Å². The normalized spacial score (nSPS) is 12.6. The Labute approximate surface area is 106 Å². The zero-order valence-electron chi connectivity index (χ0n) is 10.2. The van der Waals surface area contributed by atoms with Crippen LogP contribution >= 0.6 is 11.3 Å². The maximum Gasteiger partial charge on any atom is 0.122 e. The second-order valence-corrected chi connectivity index (χ2v) is 4.84. The Morgan fingerprint density at radius 1 is 1.29 bits per heavy atom. The lowest BCUT2D eigenvalue weighted by Crippen LogP contribution is -2.00. The van der Waals surface area contributed by atoms with Gasteiger partial charge in [0.15, 0.2) is 0 Å². The highest BCUT2D eigenvalue weighted by Gasteiger charge is 2.14. The summed E-state index contributed by atoms with van der Waals surface area (Å²) in [4.78, 5) is 4.66. The Bertz CT molecular complexity index is 452. The van der Waals surface area contributed by atoms with Gasteiger partial charge in [-0.2, -0.15) is 0 Å². The smallest absolute Gasteiger partial charge is 0.122 e. The van der Waals surface area contributed by atoms with E-state index in [1.54, 1.807) is 18.4 Å². The minimum absolute atomic E-state index is 0.141. The van der Waals surface area contributed by atoms with E-state index < -0.39 is 0 Å². The van der Waals surface area contributed by atoms with E-state index in [-0.39, 0.29) is 6.10 Å². The number of aromatic nitrogens is 1. The number of thiazole rings is 1. The van der Waals surface area contributed by atoms with Gasteiger partial charge in [-0.1, -0.05) is 43.7 Å². The first-order valence-electron chi connectivity index (χ1n) is 5.88. The minimum atomic E-state index is 0.141. The average molecular weight is 247 g/mol. The molecule has 1 heterocycles. The van der Waals surface area contributed by atoms with Crippen LogP contribution in [0, 0.1) is 0 Å². The SMILES string of the molecule is CCCC(OC)c1nc(-c2ccccc2)cs1. The average Bonchev–Trinajstić information content (AvgIpc) is 2.86. The summed E-state index contributed by atoms with van der Waals surface area (Å²) in [6, 6.07) is 10.3. The van der Waals surface area contributed by atoms with Gasteiger partial charge in [-0.3, -0.25) is 0 Å². The summed E-state index contributed by atoms with van der Waals surface area (Å²) >= 11 is 1.68. The molecule has 1 aromatic heterocycles. The van der Waals surface area contributed by atoms with Crippen molar-refractivity contribution in [2.45, 2.75) is 25.9 Å². The van der Waals surface area contributed by atoms with Crippen LogP contribution in [0.5, 0.6) is 0 Å². The molecule has 2 rings (SSSR count). The van der Waals surface area contributed by atoms with E-state index in [4.69, 9.17) is 4.74 Å². The molecule has 0 bridgehead atoms. The van der Waals surface area contributed by atoms with Crippen molar-refractivity contribution in [3.05, 3.63) is 40.7 Å². The van der Waals surface area contributed by atoms with Gasteiger partial charge in [0.2, 0.25) is 0 Å². The summed E-state index contributed by atoms with van der Waals surface area (Å²) in [5.41, 5.74) is 2.21. The largest absolute Gasteiger partial charge is 0.374 e. The number of hydrogen-bond acceptors (Lipinski definition) is 3. The fraction of sp³-hybridized carbons (Fsp3) is 0.357. The van der Waals surface area contributed by atoms with Crippen molar-refractivity contribution in [2.75, 3.05) is 7.11 Å². The number of hydrogen-bond donors (Lipinski definition) is 0. The van der Waals surface area contributed by atoms with Gasteiger partial charge >= 0.3 is 0 Å². The van der Waals surface area contributed by atoms with Crippen molar-refractivity contribution in [3.63, 3.8) is 0 Å². The minimum Gasteiger partial charge on any atom is -0.374 e. The molecule has 90 valence electrons. The Balaban J connectivity index is 2.21. The molecule has 1 unspecified atom stereocenters. The molecule has 1 atom stereocenters. The van der Waals surface area contributed by atoms with E-state index in [1.807, 2.05) is 18.2 Å². The van der Waals surface area contributed by atoms with Gasteiger partial charge in [0.25, 0.3) is 0 Å². The van der Waals surface area contributed by atoms with E-state index in [1.165, 1.54) is 5.56 Å². The number of benzene rings is 1. The predicted octanol–water partition coefficient (Wildman–Crippen LogP) is 4.30. The monoisotopic (exact) mass is 247 g/mol. The Hall–Kier alpha value is -1.19. The van der Waals surface area contributed by atoms with E-state index in [9.17, 15) is 0 Å². The summed E-state index contributed by atoms with van der Waals surface area (Å²) in [5, 5.41) is 3.18. The fourth-order valence-electron chi connectivity index (χ4n) is 1.78. The van der Waals surface area contributed by atoms with Crippen molar-refractivity contribution >= 4 is 11.3 Å². The molecular weight excluding hydrogens is 230 g/mol. The molecule has 1 aromatic carbocycles. The van der Waals surface area contributed by atoms with Gasteiger partial charge in [0.1, 0.15) is 11.1 Å². The molecular formula is C14H17NOS. The first-order valence-corrected chi connectivity index (χ1v) is 6.76. The lowest BCUT2D eigenvalue weighted by atomic mass is 10.2. The van der Waals surface area contributed by atoms with Gasteiger partial charge in [-0.25, -0.2) is 4.98 Å². The molecule has 0 amide bonds. The standard InChI is InChI=1S/C14H17NOS/c1-3-7-13(16-2)14-15-12(10-17-14)11-8-5-4-6-9-11/h4-6,8-10,13H,3,7H2,1-2H3. The van der Waals surface area contributed by atoms with Crippen LogP contribution in [0.2, 0.25) is 0 Å². The Morgan fingerprint density at radius 3 is 2.71 bits per heavy atom. The fourth-order valence-corrected chi connectivity index (χ4v) is 2.72. The third-order valence-electron chi connectivity index (χ3n) is 2.70. The molecule has 17 heavy (non-hydrogen) atoms. The molecule has 0 aliphatic rings. The highest BCUT2D eigenvalue weighted by Crippen LogP contribution is 2.29. The number of rotatable bonds is 5. The van der Waals surface area contributed by atoms with Crippen molar-refractivity contribution < 1.29 is 4.74 Å². The first kappa shape index (κ1) is 12.3. The van der Waals surface area contributed by atoms with Crippen LogP contribution < -0.4 is 0 Å². The molecule has 0 aliphatic carbocycles. The molecule has 0 fully saturated rings. The van der Waals surface area contributed by atoms with Gasteiger partial charge in [-0.15, -0.1) is 11.3 Å². The van der Waals surface area contributed by atoms with Crippen LogP contribution in [-0.2, 0) is 4.74 Å². The van der Waals surface area contributed by atoms with Crippen LogP contribution in [0.25, 0.3) is 11.3 Å². The molecule has 2 aromatic rings. The molecule has 0 radical (unpaired) electrons. The highest BCUT2D eigenvalue weighted by molar-refractivity contribution is 7.10. The van der Waals surface area contributed by atoms with Crippen LogP contribution in [0.4, 0.5) is 0 Å². The van der Waals surface area contributed by atoms with Gasteiger partial charge in [0.05, 0.1) is 5.69 Å². The maximum atomic E-state index is 5.47. The van der Waals surface area contributed by atoms with Crippen molar-refractivity contribution in [2.24, 2.45) is 0 Å². The summed E-state index contributed by atoms with van der Waals surface area (Å²) in [7, 11) is 1.75. The van der Waals surface area contributed by atoms with E-state index in [0.29, 0.717) is 0 Å². The third-order valence-corrected chi connectivity index (χ3v) is 3.64. The van der Waals surface area contributed by atoms with Crippen molar-refractivity contribution in [3.8, 4) is 11.3 Å². The van der Waals surface area contributed by atoms with Gasteiger partial charge in [0, 0.05) is 18.1 Å². The number of nitrogens with zero attached hydrogens (tertiary/aromatic N) is 1. The summed E-state index contributed by atoms with van der Waals surface area (Å²) in [6.07, 6.45) is 2.28. The Morgan fingerprint density at radius 2 is 2.06 bits per heavy atom. The van der Waals surface area contributed by atoms with Crippen LogP contribution in [0.1, 0.15) is 30.9 Å². The van der Waals surface area contributed by atoms with E-state index in [0.717, 1.165) is 23.5 Å². The number of ether oxygens (including phenoxy) is 1. The van der Waals surface area contributed by atoms with Crippen LogP contribution in [-0.4, -0.2) is 12.1 Å². The summed E-state index contributed by atoms with van der Waals surface area (Å²) < 4.78 is 5.47. The van der Waals surface area contributed by atoms with E-state index >= 15 is 0 Å². The highest BCUT2D eigenvalue weighted by atomic mass is 32.1. The first-order chi connectivity index (χ1) is 8.35. The summed E-state index contributed by atoms with van der Waals surface area (Å²) in [6.45, 7) is 2.16. The molecule has 0 saturated carbocycles. The third kappa shape index (κ3) is 2.93. The van der Waals surface area contributed by atoms with E-state index in [2.05, 4.69) is 29.4 Å². The second-order valence-electron chi connectivity index (χ2n) is 3.95. The molecule has 2 nitrogen and oxygen atoms in total. The molecule has 3 heteroatoms. The zero-order chi connectivity index (χ0) is 12.1. The van der Waals surface area contributed by atoms with Crippen molar-refractivity contribution in [1.82, 2.24) is 4.98 Å². The molecule has 0 aliphatic heterocycles. The topological polar surface area (TPSA) is 22.1 Å². The molecule has 0 spiro atoms. The molecule has 0 N–H and O–H groups in total. The van der Waals surface area contributed by atoms with Crippen LogP contribution in [0.15, 0.2) is 35.7 Å². The van der Waals surface area contributed by atoms with Gasteiger partial charge in [-0.05, 0) is 6.42 Å². The lowest BCUT2D eigenvalue weighted by Gasteiger charge is -2.10. The van der Waals surface area contributed by atoms with Gasteiger partial charge < -0.3 is 4.74 Å². The Kier molecular flexibility index (Phi) is 4.29. The zero-order valence-corrected chi connectivity index (χ0v) is 11.0.